The lowest BCUT2D eigenvalue weighted by molar-refractivity contribution is -0.149. The van der Waals surface area contributed by atoms with Gasteiger partial charge in [0.2, 0.25) is 0 Å². The molecule has 2 amide bonds. The van der Waals surface area contributed by atoms with Gasteiger partial charge in [-0.3, -0.25) is 9.59 Å². The highest BCUT2D eigenvalue weighted by atomic mass is 16.5. The maximum absolute atomic E-state index is 12.3. The van der Waals surface area contributed by atoms with E-state index >= 15 is 0 Å². The molecule has 0 unspecified atom stereocenters. The third kappa shape index (κ3) is 5.16. The lowest BCUT2D eigenvalue weighted by Gasteiger charge is -2.19. The topological polar surface area (TPSA) is 111 Å². The molecule has 8 nitrogen and oxygen atoms in total. The van der Waals surface area contributed by atoms with Crippen molar-refractivity contribution in [3.05, 3.63) is 71.8 Å². The van der Waals surface area contributed by atoms with E-state index in [1.165, 1.54) is 14.2 Å². The quantitative estimate of drug-likeness (QED) is 0.569. The number of benzene rings is 2. The summed E-state index contributed by atoms with van der Waals surface area (Å²) in [5, 5.41) is 4.64. The molecule has 0 aliphatic carbocycles. The van der Waals surface area contributed by atoms with Crippen molar-refractivity contribution in [2.75, 3.05) is 14.2 Å². The summed E-state index contributed by atoms with van der Waals surface area (Å²) < 4.78 is 9.39. The summed E-state index contributed by atoms with van der Waals surface area (Å²) in [6.07, 6.45) is 0. The third-order valence-electron chi connectivity index (χ3n) is 3.90. The predicted octanol–water partition coefficient (Wildman–Crippen LogP) is 1.05. The molecule has 28 heavy (non-hydrogen) atoms. The second-order valence-corrected chi connectivity index (χ2v) is 5.68. The minimum atomic E-state index is -1.17. The highest BCUT2D eigenvalue weighted by Crippen LogP contribution is 2.16. The average molecular weight is 384 g/mol. The van der Waals surface area contributed by atoms with Crippen molar-refractivity contribution in [2.24, 2.45) is 0 Å². The van der Waals surface area contributed by atoms with Gasteiger partial charge in [-0.15, -0.1) is 0 Å². The first-order chi connectivity index (χ1) is 13.5. The molecular formula is C20H20N2O6. The van der Waals surface area contributed by atoms with Gasteiger partial charge in [-0.2, -0.15) is 0 Å². The van der Waals surface area contributed by atoms with Crippen molar-refractivity contribution >= 4 is 23.8 Å². The predicted molar refractivity (Wildman–Crippen MR) is 98.7 cm³/mol. The highest BCUT2D eigenvalue weighted by molar-refractivity contribution is 6.35. The van der Waals surface area contributed by atoms with Crippen LogP contribution in [-0.4, -0.2) is 38.0 Å². The van der Waals surface area contributed by atoms with Crippen molar-refractivity contribution < 1.29 is 28.7 Å². The zero-order chi connectivity index (χ0) is 20.5. The first-order valence-electron chi connectivity index (χ1n) is 8.34. The Bertz CT molecular complexity index is 767. The summed E-state index contributed by atoms with van der Waals surface area (Å²) in [6, 6.07) is 14.3. The van der Waals surface area contributed by atoms with Crippen molar-refractivity contribution in [1.82, 2.24) is 10.6 Å². The SMILES string of the molecule is COC(=O)[C@@H](NC(=O)C(=O)N[C@H](C(=O)OC)c1ccccc1)c1ccccc1. The van der Waals surface area contributed by atoms with Gasteiger partial charge in [-0.25, -0.2) is 9.59 Å². The summed E-state index contributed by atoms with van der Waals surface area (Å²) in [5.41, 5.74) is 0.895. The van der Waals surface area contributed by atoms with Crippen LogP contribution in [0.1, 0.15) is 23.2 Å². The molecular weight excluding hydrogens is 364 g/mol. The molecule has 0 radical (unpaired) electrons. The second kappa shape index (κ2) is 9.86. The molecule has 2 rings (SSSR count). The minimum Gasteiger partial charge on any atom is -0.467 e. The van der Waals surface area contributed by atoms with Crippen LogP contribution in [0.25, 0.3) is 0 Å². The number of carbonyl (C=O) groups is 4. The van der Waals surface area contributed by atoms with Gasteiger partial charge in [0.25, 0.3) is 0 Å². The number of hydrogen-bond acceptors (Lipinski definition) is 6. The Morgan fingerprint density at radius 3 is 1.25 bits per heavy atom. The highest BCUT2D eigenvalue weighted by Gasteiger charge is 2.30. The molecule has 8 heteroatoms. The van der Waals surface area contributed by atoms with Crippen LogP contribution >= 0.6 is 0 Å². The van der Waals surface area contributed by atoms with Crippen LogP contribution < -0.4 is 10.6 Å². The Kier molecular flexibility index (Phi) is 7.27. The van der Waals surface area contributed by atoms with E-state index in [1.807, 2.05) is 0 Å². The van der Waals surface area contributed by atoms with Crippen LogP contribution in [0, 0.1) is 0 Å². The number of carbonyl (C=O) groups excluding carboxylic acids is 4. The Labute approximate surface area is 161 Å². The number of rotatable bonds is 6. The molecule has 0 spiro atoms. The smallest absolute Gasteiger partial charge is 0.333 e. The van der Waals surface area contributed by atoms with E-state index in [0.29, 0.717) is 11.1 Å². The molecule has 0 aromatic heterocycles. The van der Waals surface area contributed by atoms with E-state index in [2.05, 4.69) is 10.6 Å². The minimum absolute atomic E-state index is 0.447. The van der Waals surface area contributed by atoms with Crippen LogP contribution in [0.5, 0.6) is 0 Å². The number of esters is 2. The summed E-state index contributed by atoms with van der Waals surface area (Å²) in [6.45, 7) is 0. The van der Waals surface area contributed by atoms with E-state index < -0.39 is 35.8 Å². The zero-order valence-corrected chi connectivity index (χ0v) is 15.4. The Hall–Kier alpha value is -3.68. The summed E-state index contributed by atoms with van der Waals surface area (Å²) in [7, 11) is 2.35. The van der Waals surface area contributed by atoms with Gasteiger partial charge in [-0.05, 0) is 11.1 Å². The average Bonchev–Trinajstić information content (AvgIpc) is 2.75. The zero-order valence-electron chi connectivity index (χ0n) is 15.4. The first kappa shape index (κ1) is 20.6. The monoisotopic (exact) mass is 384 g/mol. The van der Waals surface area contributed by atoms with Gasteiger partial charge in [-0.1, -0.05) is 60.7 Å². The number of nitrogens with one attached hydrogen (secondary N) is 2. The summed E-state index contributed by atoms with van der Waals surface area (Å²) in [5.74, 6) is -3.66. The van der Waals surface area contributed by atoms with Crippen LogP contribution in [0.15, 0.2) is 60.7 Å². The van der Waals surface area contributed by atoms with Gasteiger partial charge in [0, 0.05) is 0 Å². The Morgan fingerprint density at radius 2 is 0.964 bits per heavy atom. The molecule has 0 aliphatic rings. The standard InChI is InChI=1S/C20H20N2O6/c1-27-19(25)15(13-9-5-3-6-10-13)21-17(23)18(24)22-16(20(26)28-2)14-11-7-4-8-12-14/h3-12,15-16H,1-2H3,(H,21,23)(H,22,24)/t15-,16-/m0/s1. The van der Waals surface area contributed by atoms with Crippen LogP contribution in [0.2, 0.25) is 0 Å². The lowest BCUT2D eigenvalue weighted by atomic mass is 10.1. The van der Waals surface area contributed by atoms with E-state index in [4.69, 9.17) is 9.47 Å². The molecule has 0 aliphatic heterocycles. The largest absolute Gasteiger partial charge is 0.467 e. The molecule has 0 fully saturated rings. The van der Waals surface area contributed by atoms with Crippen LogP contribution in [-0.2, 0) is 28.7 Å². The molecule has 2 N–H and O–H groups in total. The van der Waals surface area contributed by atoms with Crippen LogP contribution in [0.3, 0.4) is 0 Å². The van der Waals surface area contributed by atoms with E-state index in [-0.39, 0.29) is 0 Å². The van der Waals surface area contributed by atoms with Gasteiger partial charge < -0.3 is 20.1 Å². The molecule has 0 saturated carbocycles. The molecule has 0 bridgehead atoms. The van der Waals surface area contributed by atoms with E-state index in [9.17, 15) is 19.2 Å². The van der Waals surface area contributed by atoms with Crippen molar-refractivity contribution in [3.63, 3.8) is 0 Å². The molecule has 2 aromatic carbocycles. The fraction of sp³-hybridized carbons (Fsp3) is 0.200. The molecule has 2 aromatic rings. The van der Waals surface area contributed by atoms with E-state index in [0.717, 1.165) is 0 Å². The normalized spacial score (nSPS) is 12.2. The molecule has 2 atom stereocenters. The third-order valence-corrected chi connectivity index (χ3v) is 3.90. The van der Waals surface area contributed by atoms with Gasteiger partial charge in [0.15, 0.2) is 12.1 Å². The number of methoxy groups -OCH3 is 2. The van der Waals surface area contributed by atoms with Crippen LogP contribution in [0.4, 0.5) is 0 Å². The molecule has 0 saturated heterocycles. The Balaban J connectivity index is 2.16. The first-order valence-corrected chi connectivity index (χ1v) is 8.34. The van der Waals surface area contributed by atoms with Gasteiger partial charge in [0.05, 0.1) is 14.2 Å². The van der Waals surface area contributed by atoms with Gasteiger partial charge in [0.1, 0.15) is 0 Å². The van der Waals surface area contributed by atoms with Crippen molar-refractivity contribution in [3.8, 4) is 0 Å². The van der Waals surface area contributed by atoms with Crippen molar-refractivity contribution in [1.29, 1.82) is 0 Å². The summed E-state index contributed by atoms with van der Waals surface area (Å²) >= 11 is 0. The lowest BCUT2D eigenvalue weighted by Crippen LogP contribution is -2.46. The van der Waals surface area contributed by atoms with Gasteiger partial charge >= 0.3 is 23.8 Å². The fourth-order valence-electron chi connectivity index (χ4n) is 2.48. The molecule has 0 heterocycles. The summed E-state index contributed by atoms with van der Waals surface area (Å²) in [4.78, 5) is 48.7. The number of amides is 2. The maximum Gasteiger partial charge on any atom is 0.333 e. The fourth-order valence-corrected chi connectivity index (χ4v) is 2.48. The second-order valence-electron chi connectivity index (χ2n) is 5.68. The maximum atomic E-state index is 12.3. The van der Waals surface area contributed by atoms with Crippen molar-refractivity contribution in [2.45, 2.75) is 12.1 Å². The Morgan fingerprint density at radius 1 is 0.643 bits per heavy atom. The molecule has 146 valence electrons. The number of ether oxygens (including phenoxy) is 2. The van der Waals surface area contributed by atoms with E-state index in [1.54, 1.807) is 60.7 Å². The number of hydrogen-bond donors (Lipinski definition) is 2.